The summed E-state index contributed by atoms with van der Waals surface area (Å²) in [6, 6.07) is 7.24. The van der Waals surface area contributed by atoms with Crippen LogP contribution in [0.25, 0.3) is 16.0 Å². The van der Waals surface area contributed by atoms with Crippen LogP contribution in [0.4, 0.5) is 9.59 Å². The molecule has 6 rings (SSSR count). The first kappa shape index (κ1) is 28.0. The Hall–Kier alpha value is -3.17. The summed E-state index contributed by atoms with van der Waals surface area (Å²) < 4.78 is 5.53. The molecule has 4 heterocycles. The van der Waals surface area contributed by atoms with Crippen LogP contribution in [0, 0.1) is 0 Å². The zero-order valence-electron chi connectivity index (χ0n) is 24.6. The highest BCUT2D eigenvalue weighted by Gasteiger charge is 2.31. The molecule has 2 aromatic heterocycles. The van der Waals surface area contributed by atoms with E-state index < -0.39 is 5.60 Å². The van der Waals surface area contributed by atoms with E-state index in [1.807, 2.05) is 48.1 Å². The fraction of sp³-hybridized carbons (Fsp3) is 0.531. The van der Waals surface area contributed by atoms with Crippen LogP contribution in [0.2, 0.25) is 0 Å². The van der Waals surface area contributed by atoms with Crippen molar-refractivity contribution < 1.29 is 14.3 Å². The first-order chi connectivity index (χ1) is 19.6. The minimum atomic E-state index is -0.468. The number of amides is 3. The predicted octanol–water partition coefficient (Wildman–Crippen LogP) is 5.69. The van der Waals surface area contributed by atoms with Gasteiger partial charge in [0.15, 0.2) is 0 Å². The largest absolute Gasteiger partial charge is 0.444 e. The fourth-order valence-electron chi connectivity index (χ4n) is 5.80. The Morgan fingerprint density at radius 2 is 1.90 bits per heavy atom. The van der Waals surface area contributed by atoms with Gasteiger partial charge in [0.05, 0.1) is 5.69 Å². The van der Waals surface area contributed by atoms with Gasteiger partial charge in [-0.3, -0.25) is 9.88 Å². The average Bonchev–Trinajstić information content (AvgIpc) is 3.45. The summed E-state index contributed by atoms with van der Waals surface area (Å²) in [4.78, 5) is 38.6. The molecule has 1 unspecified atom stereocenters. The third-order valence-corrected chi connectivity index (χ3v) is 9.30. The maximum absolute atomic E-state index is 12.6. The summed E-state index contributed by atoms with van der Waals surface area (Å²) in [7, 11) is 0. The van der Waals surface area contributed by atoms with Crippen LogP contribution in [0.1, 0.15) is 63.1 Å². The number of nitrogens with zero attached hydrogens (tertiary/aromatic N) is 4. The van der Waals surface area contributed by atoms with Crippen LogP contribution < -0.4 is 5.32 Å². The molecule has 1 saturated carbocycles. The molecule has 8 nitrogen and oxygen atoms in total. The molecular weight excluding hydrogens is 534 g/mol. The fourth-order valence-corrected chi connectivity index (χ4v) is 6.83. The second kappa shape index (κ2) is 11.2. The van der Waals surface area contributed by atoms with Gasteiger partial charge in [0.2, 0.25) is 0 Å². The van der Waals surface area contributed by atoms with E-state index in [1.54, 1.807) is 0 Å². The lowest BCUT2D eigenvalue weighted by Gasteiger charge is -2.35. The van der Waals surface area contributed by atoms with Gasteiger partial charge in [0.1, 0.15) is 5.60 Å². The maximum atomic E-state index is 12.6. The molecule has 2 aliphatic carbocycles. The van der Waals surface area contributed by atoms with Crippen molar-refractivity contribution in [1.82, 2.24) is 25.0 Å². The molecule has 0 spiro atoms. The van der Waals surface area contributed by atoms with Gasteiger partial charge in [0.25, 0.3) is 0 Å². The quantitative estimate of drug-likeness (QED) is 0.495. The average molecular weight is 576 g/mol. The van der Waals surface area contributed by atoms with Crippen molar-refractivity contribution in [3.63, 3.8) is 0 Å². The van der Waals surface area contributed by atoms with E-state index >= 15 is 0 Å². The van der Waals surface area contributed by atoms with Gasteiger partial charge in [-0.15, -0.1) is 11.3 Å². The maximum Gasteiger partial charge on any atom is 0.410 e. The van der Waals surface area contributed by atoms with E-state index in [-0.39, 0.29) is 18.2 Å². The highest BCUT2D eigenvalue weighted by molar-refractivity contribution is 7.15. The summed E-state index contributed by atoms with van der Waals surface area (Å²) in [6.45, 7) is 12.5. The van der Waals surface area contributed by atoms with Crippen LogP contribution in [-0.2, 0) is 17.7 Å². The molecule has 1 saturated heterocycles. The van der Waals surface area contributed by atoms with Gasteiger partial charge in [-0.2, -0.15) is 0 Å². The van der Waals surface area contributed by atoms with Crippen LogP contribution in [-0.4, -0.2) is 82.2 Å². The third kappa shape index (κ3) is 6.51. The van der Waals surface area contributed by atoms with E-state index in [4.69, 9.17) is 9.72 Å². The van der Waals surface area contributed by atoms with Gasteiger partial charge in [-0.1, -0.05) is 12.2 Å². The zero-order valence-corrected chi connectivity index (χ0v) is 25.4. The minimum Gasteiger partial charge on any atom is -0.444 e. The SMILES string of the molecule is CC1C=C(C2=CCc3ncc(-c4ccc(CN5CCN(C(=O)OC(C)(C)C)CC5)s4)cc32)CCN1C(=O)NC1CC1. The van der Waals surface area contributed by atoms with Crippen LogP contribution in [0.15, 0.2) is 42.1 Å². The number of carbonyl (C=O) groups is 2. The van der Waals surface area contributed by atoms with E-state index in [1.165, 1.54) is 26.5 Å². The van der Waals surface area contributed by atoms with E-state index in [9.17, 15) is 9.59 Å². The van der Waals surface area contributed by atoms with Crippen molar-refractivity contribution in [3.8, 4) is 10.4 Å². The van der Waals surface area contributed by atoms with Crippen molar-refractivity contribution in [1.29, 1.82) is 0 Å². The van der Waals surface area contributed by atoms with Crippen molar-refractivity contribution in [2.45, 2.75) is 77.6 Å². The molecule has 0 aromatic carbocycles. The molecule has 1 N–H and O–H groups in total. The first-order valence-corrected chi connectivity index (χ1v) is 15.7. The number of piperazine rings is 1. The van der Waals surface area contributed by atoms with Crippen molar-refractivity contribution in [2.24, 2.45) is 0 Å². The summed E-state index contributed by atoms with van der Waals surface area (Å²) in [5.41, 5.74) is 5.64. The lowest BCUT2D eigenvalue weighted by Crippen LogP contribution is -2.49. The molecule has 2 fully saturated rings. The highest BCUT2D eigenvalue weighted by atomic mass is 32.1. The Kier molecular flexibility index (Phi) is 7.68. The lowest BCUT2D eigenvalue weighted by atomic mass is 9.93. The Labute approximate surface area is 247 Å². The van der Waals surface area contributed by atoms with Gasteiger partial charge in [0, 0.05) is 84.9 Å². The second-order valence-electron chi connectivity index (χ2n) is 12.6. The number of carbonyl (C=O) groups excluding carboxylic acids is 2. The normalized spacial score (nSPS) is 21.3. The van der Waals surface area contributed by atoms with Crippen molar-refractivity contribution in [3.05, 3.63) is 58.3 Å². The monoisotopic (exact) mass is 575 g/mol. The number of nitrogens with one attached hydrogen (secondary N) is 1. The Bertz CT molecular complexity index is 1380. The molecule has 4 aliphatic rings. The topological polar surface area (TPSA) is 78.0 Å². The number of urea groups is 1. The van der Waals surface area contributed by atoms with Gasteiger partial charge in [-0.05, 0) is 76.3 Å². The number of pyridine rings is 1. The minimum absolute atomic E-state index is 0.0680. The molecule has 9 heteroatoms. The number of aromatic nitrogens is 1. The predicted molar refractivity (Wildman–Crippen MR) is 163 cm³/mol. The van der Waals surface area contributed by atoms with Crippen molar-refractivity contribution in [2.75, 3.05) is 32.7 Å². The Morgan fingerprint density at radius 3 is 2.61 bits per heavy atom. The molecule has 0 bridgehead atoms. The van der Waals surface area contributed by atoms with Gasteiger partial charge in [-0.25, -0.2) is 9.59 Å². The third-order valence-electron chi connectivity index (χ3n) is 8.18. The second-order valence-corrected chi connectivity index (χ2v) is 13.8. The van der Waals surface area contributed by atoms with E-state index in [0.717, 1.165) is 63.1 Å². The molecule has 2 aromatic rings. The molecule has 0 radical (unpaired) electrons. The Morgan fingerprint density at radius 1 is 1.12 bits per heavy atom. The molecule has 3 amide bonds. The van der Waals surface area contributed by atoms with Crippen LogP contribution >= 0.6 is 11.3 Å². The molecule has 218 valence electrons. The number of hydrogen-bond acceptors (Lipinski definition) is 6. The summed E-state index contributed by atoms with van der Waals surface area (Å²) >= 11 is 1.82. The van der Waals surface area contributed by atoms with E-state index in [2.05, 4.69) is 47.5 Å². The summed E-state index contributed by atoms with van der Waals surface area (Å²) in [6.07, 6.45) is 10.3. The molecule has 1 atom stereocenters. The number of allylic oxidation sites excluding steroid dienone is 2. The van der Waals surface area contributed by atoms with Crippen LogP contribution in [0.5, 0.6) is 0 Å². The summed E-state index contributed by atoms with van der Waals surface area (Å²) in [5, 5.41) is 3.13. The lowest BCUT2D eigenvalue weighted by molar-refractivity contribution is 0.0139. The smallest absolute Gasteiger partial charge is 0.410 e. The van der Waals surface area contributed by atoms with Crippen molar-refractivity contribution >= 4 is 29.0 Å². The summed E-state index contributed by atoms with van der Waals surface area (Å²) in [5.74, 6) is 0. The number of fused-ring (bicyclic) bond motifs is 1. The number of hydrogen-bond donors (Lipinski definition) is 1. The van der Waals surface area contributed by atoms with Gasteiger partial charge < -0.3 is 19.9 Å². The van der Waals surface area contributed by atoms with E-state index in [0.29, 0.717) is 19.1 Å². The number of thiophene rings is 1. The van der Waals surface area contributed by atoms with Crippen LogP contribution in [0.3, 0.4) is 0 Å². The molecule has 2 aliphatic heterocycles. The first-order valence-electron chi connectivity index (χ1n) is 14.9. The molecular formula is C32H41N5O3S. The highest BCUT2D eigenvalue weighted by Crippen LogP contribution is 2.39. The van der Waals surface area contributed by atoms with Gasteiger partial charge >= 0.3 is 12.1 Å². The Balaban J connectivity index is 1.08. The molecule has 41 heavy (non-hydrogen) atoms. The standard InChI is InChI=1S/C32H41N5O3S/c1-21-17-22(11-12-37(21)30(38)34-24-5-6-24)26-8-9-28-27(26)18-23(19-33-28)29-10-7-25(41-29)20-35-13-15-36(16-14-35)31(39)40-32(2,3)4/h7-8,10,17-19,21,24H,5-6,9,11-16,20H2,1-4H3,(H,34,38). The number of ether oxygens (including phenoxy) is 1. The number of rotatable bonds is 5. The zero-order chi connectivity index (χ0) is 28.7.